The van der Waals surface area contributed by atoms with Gasteiger partial charge in [0.1, 0.15) is 0 Å². The molecule has 0 spiro atoms. The van der Waals surface area contributed by atoms with Crippen molar-refractivity contribution in [1.82, 2.24) is 15.2 Å². The number of hydrogen-bond acceptors (Lipinski definition) is 4. The van der Waals surface area contributed by atoms with Gasteiger partial charge in [0.15, 0.2) is 0 Å². The van der Waals surface area contributed by atoms with E-state index < -0.39 is 0 Å². The number of aryl methyl sites for hydroxylation is 1. The van der Waals surface area contributed by atoms with Crippen LogP contribution in [0.3, 0.4) is 0 Å². The van der Waals surface area contributed by atoms with Crippen molar-refractivity contribution >= 4 is 11.3 Å². The molecule has 0 fully saturated rings. The summed E-state index contributed by atoms with van der Waals surface area (Å²) in [7, 11) is 2.17. The second kappa shape index (κ2) is 7.22. The predicted octanol–water partition coefficient (Wildman–Crippen LogP) is 2.91. The van der Waals surface area contributed by atoms with Gasteiger partial charge in [-0.05, 0) is 32.4 Å². The second-order valence-electron chi connectivity index (χ2n) is 6.16. The Morgan fingerprint density at radius 3 is 2.61 bits per heavy atom. The second-order valence-corrected chi connectivity index (χ2v) is 7.10. The average Bonchev–Trinajstić information content (AvgIpc) is 2.62. The maximum absolute atomic E-state index is 4.28. The fourth-order valence-electron chi connectivity index (χ4n) is 1.66. The van der Waals surface area contributed by atoms with Crippen LogP contribution in [-0.2, 0) is 6.54 Å². The molecule has 1 heterocycles. The monoisotopic (exact) mass is 269 g/mol. The highest BCUT2D eigenvalue weighted by Gasteiger charge is 2.09. The molecule has 0 aliphatic carbocycles. The molecule has 0 saturated carbocycles. The van der Waals surface area contributed by atoms with E-state index in [-0.39, 0.29) is 0 Å². The van der Waals surface area contributed by atoms with Crippen LogP contribution in [0.15, 0.2) is 5.51 Å². The van der Waals surface area contributed by atoms with E-state index in [1.807, 2.05) is 5.51 Å². The van der Waals surface area contributed by atoms with Crippen LogP contribution in [0.1, 0.15) is 37.8 Å². The molecule has 0 atom stereocenters. The summed E-state index contributed by atoms with van der Waals surface area (Å²) in [5, 5.41) is 3.51. The molecule has 0 amide bonds. The quantitative estimate of drug-likeness (QED) is 0.772. The fraction of sp³-hybridized carbons (Fsp3) is 0.786. The summed E-state index contributed by atoms with van der Waals surface area (Å²) in [4.78, 5) is 8.02. The lowest BCUT2D eigenvalue weighted by atomic mass is 9.92. The van der Waals surface area contributed by atoms with Gasteiger partial charge in [-0.25, -0.2) is 4.98 Å². The number of nitrogens with zero attached hydrogens (tertiary/aromatic N) is 2. The molecule has 0 aliphatic heterocycles. The molecule has 4 heteroatoms. The minimum atomic E-state index is 0.429. The number of rotatable bonds is 7. The maximum atomic E-state index is 4.28. The predicted molar refractivity (Wildman–Crippen MR) is 80.1 cm³/mol. The Labute approximate surface area is 116 Å². The van der Waals surface area contributed by atoms with Crippen LogP contribution in [0.25, 0.3) is 0 Å². The van der Waals surface area contributed by atoms with E-state index in [4.69, 9.17) is 0 Å². The normalized spacial score (nSPS) is 12.3. The van der Waals surface area contributed by atoms with Crippen molar-refractivity contribution in [1.29, 1.82) is 0 Å². The summed E-state index contributed by atoms with van der Waals surface area (Å²) >= 11 is 1.75. The van der Waals surface area contributed by atoms with E-state index in [1.54, 1.807) is 11.3 Å². The molecule has 1 aromatic heterocycles. The van der Waals surface area contributed by atoms with Gasteiger partial charge in [-0.3, -0.25) is 4.90 Å². The first-order chi connectivity index (χ1) is 8.38. The summed E-state index contributed by atoms with van der Waals surface area (Å²) < 4.78 is 0. The van der Waals surface area contributed by atoms with Crippen molar-refractivity contribution in [2.75, 3.05) is 26.7 Å². The van der Waals surface area contributed by atoms with E-state index in [2.05, 4.69) is 49.9 Å². The van der Waals surface area contributed by atoms with Crippen LogP contribution in [-0.4, -0.2) is 36.6 Å². The molecule has 0 saturated heterocycles. The highest BCUT2D eigenvalue weighted by Crippen LogP contribution is 2.17. The third-order valence-corrected chi connectivity index (χ3v) is 3.90. The molecule has 18 heavy (non-hydrogen) atoms. The molecule has 0 aliphatic rings. The fourth-order valence-corrected chi connectivity index (χ4v) is 2.52. The lowest BCUT2D eigenvalue weighted by Crippen LogP contribution is -2.30. The van der Waals surface area contributed by atoms with Gasteiger partial charge in [0.25, 0.3) is 0 Å². The highest BCUT2D eigenvalue weighted by atomic mass is 32.1. The smallest absolute Gasteiger partial charge is 0.0798 e. The number of hydrogen-bond donors (Lipinski definition) is 1. The summed E-state index contributed by atoms with van der Waals surface area (Å²) in [6.45, 7) is 13.2. The first-order valence-corrected chi connectivity index (χ1v) is 7.55. The molecule has 1 rings (SSSR count). The maximum Gasteiger partial charge on any atom is 0.0798 e. The molecule has 0 radical (unpaired) electrons. The summed E-state index contributed by atoms with van der Waals surface area (Å²) in [6.07, 6.45) is 1.23. The van der Waals surface area contributed by atoms with E-state index in [1.165, 1.54) is 17.0 Å². The Morgan fingerprint density at radius 2 is 2.06 bits per heavy atom. The van der Waals surface area contributed by atoms with Gasteiger partial charge in [0, 0.05) is 24.5 Å². The number of aromatic nitrogens is 1. The van der Waals surface area contributed by atoms with Crippen molar-refractivity contribution < 1.29 is 0 Å². The summed E-state index contributed by atoms with van der Waals surface area (Å²) in [5.41, 5.74) is 3.53. The number of nitrogens with one attached hydrogen (secondary N) is 1. The van der Waals surface area contributed by atoms with Crippen molar-refractivity contribution in [3.05, 3.63) is 16.1 Å². The van der Waals surface area contributed by atoms with E-state index in [0.717, 1.165) is 26.2 Å². The van der Waals surface area contributed by atoms with Gasteiger partial charge < -0.3 is 5.32 Å². The van der Waals surface area contributed by atoms with Crippen LogP contribution in [0.4, 0.5) is 0 Å². The van der Waals surface area contributed by atoms with E-state index >= 15 is 0 Å². The Hall–Kier alpha value is -0.450. The molecular weight excluding hydrogens is 242 g/mol. The number of thiazole rings is 1. The van der Waals surface area contributed by atoms with E-state index in [9.17, 15) is 0 Å². The van der Waals surface area contributed by atoms with Gasteiger partial charge in [0.2, 0.25) is 0 Å². The van der Waals surface area contributed by atoms with Gasteiger partial charge in [-0.15, -0.1) is 11.3 Å². The highest BCUT2D eigenvalue weighted by molar-refractivity contribution is 7.09. The van der Waals surface area contributed by atoms with Gasteiger partial charge in [-0.1, -0.05) is 20.8 Å². The lowest BCUT2D eigenvalue weighted by molar-refractivity contribution is 0.316. The third-order valence-electron chi connectivity index (χ3n) is 2.98. The van der Waals surface area contributed by atoms with Gasteiger partial charge >= 0.3 is 0 Å². The largest absolute Gasteiger partial charge is 0.315 e. The first kappa shape index (κ1) is 15.6. The summed E-state index contributed by atoms with van der Waals surface area (Å²) in [5.74, 6) is 0. The van der Waals surface area contributed by atoms with Crippen LogP contribution in [0.5, 0.6) is 0 Å². The van der Waals surface area contributed by atoms with Crippen molar-refractivity contribution in [2.24, 2.45) is 5.41 Å². The molecule has 0 aromatic carbocycles. The Morgan fingerprint density at radius 1 is 1.33 bits per heavy atom. The van der Waals surface area contributed by atoms with Gasteiger partial charge in [0.05, 0.1) is 11.2 Å². The zero-order chi connectivity index (χ0) is 13.6. The Kier molecular flexibility index (Phi) is 6.26. The first-order valence-electron chi connectivity index (χ1n) is 6.67. The zero-order valence-corrected chi connectivity index (χ0v) is 13.2. The standard InChI is InChI=1S/C14H27N3S/c1-12-13(18-11-16-12)10-17(5)9-8-15-7-6-14(2,3)4/h11,15H,6-10H2,1-5H3. The number of likely N-dealkylation sites (N-methyl/N-ethyl adjacent to an activating group) is 1. The van der Waals surface area contributed by atoms with Crippen molar-refractivity contribution in [3.63, 3.8) is 0 Å². The molecule has 0 bridgehead atoms. The van der Waals surface area contributed by atoms with Crippen LogP contribution < -0.4 is 5.32 Å². The molecule has 1 N–H and O–H groups in total. The zero-order valence-electron chi connectivity index (χ0n) is 12.4. The third kappa shape index (κ3) is 6.47. The minimum absolute atomic E-state index is 0.429. The molecule has 3 nitrogen and oxygen atoms in total. The molecule has 104 valence electrons. The Bertz CT molecular complexity index is 341. The molecule has 1 aromatic rings. The van der Waals surface area contributed by atoms with E-state index in [0.29, 0.717) is 5.41 Å². The lowest BCUT2D eigenvalue weighted by Gasteiger charge is -2.20. The van der Waals surface area contributed by atoms with Crippen LogP contribution in [0, 0.1) is 12.3 Å². The molecular formula is C14H27N3S. The van der Waals surface area contributed by atoms with Crippen molar-refractivity contribution in [2.45, 2.75) is 40.7 Å². The molecule has 0 unspecified atom stereocenters. The van der Waals surface area contributed by atoms with Crippen molar-refractivity contribution in [3.8, 4) is 0 Å². The van der Waals surface area contributed by atoms with Gasteiger partial charge in [-0.2, -0.15) is 0 Å². The summed E-state index contributed by atoms with van der Waals surface area (Å²) in [6, 6.07) is 0. The average molecular weight is 269 g/mol. The SMILES string of the molecule is Cc1ncsc1CN(C)CCNCCC(C)(C)C. The minimum Gasteiger partial charge on any atom is -0.315 e. The Balaban J connectivity index is 2.11. The van der Waals surface area contributed by atoms with Crippen LogP contribution in [0.2, 0.25) is 0 Å². The van der Waals surface area contributed by atoms with Crippen LogP contribution >= 0.6 is 11.3 Å². The topological polar surface area (TPSA) is 28.2 Å².